The van der Waals surface area contributed by atoms with Gasteiger partial charge in [-0.05, 0) is 18.8 Å². The van der Waals surface area contributed by atoms with Crippen molar-refractivity contribution in [2.75, 3.05) is 0 Å². The summed E-state index contributed by atoms with van der Waals surface area (Å²) < 4.78 is 35.6. The molecule has 0 aromatic heterocycles. The van der Waals surface area contributed by atoms with Crippen LogP contribution in [0.5, 0.6) is 0 Å². The number of hydrogen-bond donors (Lipinski definition) is 0. The van der Waals surface area contributed by atoms with Crippen LogP contribution in [0.2, 0.25) is 0 Å². The lowest BCUT2D eigenvalue weighted by Crippen LogP contribution is -2.09. The van der Waals surface area contributed by atoms with Crippen molar-refractivity contribution >= 4 is 0 Å². The van der Waals surface area contributed by atoms with Gasteiger partial charge in [0.25, 0.3) is 0 Å². The first-order valence-electron chi connectivity index (χ1n) is 3.28. The van der Waals surface area contributed by atoms with E-state index in [0.29, 0.717) is 6.42 Å². The fraction of sp³-hybridized carbons (Fsp3) is 0.714. The molecule has 0 N–H and O–H groups in total. The zero-order valence-corrected chi connectivity index (χ0v) is 5.70. The second-order valence-electron chi connectivity index (χ2n) is 2.71. The lowest BCUT2D eigenvalue weighted by molar-refractivity contribution is -0.0931. The molecule has 0 aliphatic heterocycles. The van der Waals surface area contributed by atoms with Crippen molar-refractivity contribution in [3.05, 3.63) is 11.6 Å². The largest absolute Gasteiger partial charge is 0.412 e. The molecule has 0 nitrogen and oxygen atoms in total. The van der Waals surface area contributed by atoms with Gasteiger partial charge in [-0.15, -0.1) is 0 Å². The third kappa shape index (κ3) is 1.52. The minimum Gasteiger partial charge on any atom is -0.166 e. The molecule has 0 bridgehead atoms. The fourth-order valence-electron chi connectivity index (χ4n) is 1.13. The summed E-state index contributed by atoms with van der Waals surface area (Å²) >= 11 is 0. The summed E-state index contributed by atoms with van der Waals surface area (Å²) in [6.45, 7) is 1.80. The van der Waals surface area contributed by atoms with Crippen LogP contribution in [-0.4, -0.2) is 6.18 Å². The van der Waals surface area contributed by atoms with E-state index in [1.807, 2.05) is 0 Å². The van der Waals surface area contributed by atoms with E-state index >= 15 is 0 Å². The smallest absolute Gasteiger partial charge is 0.166 e. The van der Waals surface area contributed by atoms with E-state index < -0.39 is 6.18 Å². The number of allylic oxidation sites excluding steroid dienone is 2. The number of hydrogen-bond acceptors (Lipinski definition) is 0. The quantitative estimate of drug-likeness (QED) is 0.466. The number of alkyl halides is 3. The van der Waals surface area contributed by atoms with Gasteiger partial charge in [0.1, 0.15) is 0 Å². The van der Waals surface area contributed by atoms with Gasteiger partial charge in [0.15, 0.2) is 0 Å². The molecule has 3 heteroatoms. The molecule has 1 unspecified atom stereocenters. The van der Waals surface area contributed by atoms with Crippen LogP contribution in [0.3, 0.4) is 0 Å². The minimum absolute atomic E-state index is 0.108. The Bertz CT molecular complexity index is 155. The highest BCUT2D eigenvalue weighted by Crippen LogP contribution is 2.35. The van der Waals surface area contributed by atoms with Crippen molar-refractivity contribution in [3.8, 4) is 0 Å². The van der Waals surface area contributed by atoms with Crippen molar-refractivity contribution in [3.63, 3.8) is 0 Å². The molecule has 1 aliphatic rings. The highest BCUT2D eigenvalue weighted by Gasteiger charge is 2.35. The van der Waals surface area contributed by atoms with Crippen LogP contribution in [0.4, 0.5) is 13.2 Å². The topological polar surface area (TPSA) is 0 Å². The van der Waals surface area contributed by atoms with Crippen molar-refractivity contribution in [2.45, 2.75) is 25.9 Å². The molecule has 0 aromatic carbocycles. The Hall–Kier alpha value is -0.470. The lowest BCUT2D eigenvalue weighted by atomic mass is 10.2. The summed E-state index contributed by atoms with van der Waals surface area (Å²) in [6.07, 6.45) is -1.91. The highest BCUT2D eigenvalue weighted by molar-refractivity contribution is 5.15. The average molecular weight is 150 g/mol. The van der Waals surface area contributed by atoms with Crippen LogP contribution in [0.25, 0.3) is 0 Å². The van der Waals surface area contributed by atoms with E-state index in [4.69, 9.17) is 0 Å². The zero-order chi connectivity index (χ0) is 7.78. The molecule has 0 heterocycles. The summed E-state index contributed by atoms with van der Waals surface area (Å²) in [5.74, 6) is 0.108. The van der Waals surface area contributed by atoms with Crippen LogP contribution in [0, 0.1) is 5.92 Å². The predicted molar refractivity (Wildman–Crippen MR) is 32.5 cm³/mol. The van der Waals surface area contributed by atoms with Gasteiger partial charge in [-0.3, -0.25) is 0 Å². The average Bonchev–Trinajstić information content (AvgIpc) is 2.11. The van der Waals surface area contributed by atoms with Crippen molar-refractivity contribution in [1.29, 1.82) is 0 Å². The van der Waals surface area contributed by atoms with E-state index in [0.717, 1.165) is 0 Å². The molecular weight excluding hydrogens is 141 g/mol. The Labute approximate surface area is 57.7 Å². The molecule has 0 fully saturated rings. The van der Waals surface area contributed by atoms with Gasteiger partial charge in [0, 0.05) is 5.57 Å². The van der Waals surface area contributed by atoms with Crippen LogP contribution < -0.4 is 0 Å². The van der Waals surface area contributed by atoms with Gasteiger partial charge < -0.3 is 0 Å². The normalized spacial score (nSPS) is 26.8. The van der Waals surface area contributed by atoms with Gasteiger partial charge in [-0.2, -0.15) is 13.2 Å². The molecule has 1 atom stereocenters. The molecule has 0 radical (unpaired) electrons. The molecule has 10 heavy (non-hydrogen) atoms. The summed E-state index contributed by atoms with van der Waals surface area (Å²) in [4.78, 5) is 0. The van der Waals surface area contributed by atoms with Gasteiger partial charge in [0.05, 0.1) is 0 Å². The Balaban J connectivity index is 2.67. The maximum atomic E-state index is 11.9. The standard InChI is InChI=1S/C7H9F3/c1-5-2-3-6(4-5)7(8,9)10/h4-5H,2-3H2,1H3. The van der Waals surface area contributed by atoms with E-state index in [-0.39, 0.29) is 17.9 Å². The van der Waals surface area contributed by atoms with Crippen LogP contribution in [0.15, 0.2) is 11.6 Å². The van der Waals surface area contributed by atoms with E-state index in [1.165, 1.54) is 6.08 Å². The Kier molecular flexibility index (Phi) is 1.75. The van der Waals surface area contributed by atoms with Gasteiger partial charge >= 0.3 is 6.18 Å². The first-order valence-corrected chi connectivity index (χ1v) is 3.28. The van der Waals surface area contributed by atoms with E-state index in [9.17, 15) is 13.2 Å². The summed E-state index contributed by atoms with van der Waals surface area (Å²) in [5, 5.41) is 0. The Morgan fingerprint density at radius 2 is 2.10 bits per heavy atom. The highest BCUT2D eigenvalue weighted by atomic mass is 19.4. The third-order valence-corrected chi connectivity index (χ3v) is 1.72. The Morgan fingerprint density at radius 3 is 2.30 bits per heavy atom. The van der Waals surface area contributed by atoms with E-state index in [1.54, 1.807) is 6.92 Å². The van der Waals surface area contributed by atoms with Gasteiger partial charge in [0.2, 0.25) is 0 Å². The first kappa shape index (κ1) is 7.63. The van der Waals surface area contributed by atoms with Gasteiger partial charge in [-0.25, -0.2) is 0 Å². The summed E-state index contributed by atoms with van der Waals surface area (Å²) in [6, 6.07) is 0. The van der Waals surface area contributed by atoms with Crippen molar-refractivity contribution < 1.29 is 13.2 Å². The zero-order valence-electron chi connectivity index (χ0n) is 5.70. The lowest BCUT2D eigenvalue weighted by Gasteiger charge is -2.04. The monoisotopic (exact) mass is 150 g/mol. The van der Waals surface area contributed by atoms with E-state index in [2.05, 4.69) is 0 Å². The molecule has 1 rings (SSSR count). The molecule has 0 spiro atoms. The van der Waals surface area contributed by atoms with Crippen LogP contribution >= 0.6 is 0 Å². The molecule has 1 aliphatic carbocycles. The summed E-state index contributed by atoms with van der Waals surface area (Å²) in [5.41, 5.74) is -0.347. The molecule has 0 amide bonds. The van der Waals surface area contributed by atoms with Gasteiger partial charge in [-0.1, -0.05) is 13.0 Å². The van der Waals surface area contributed by atoms with Crippen molar-refractivity contribution in [2.24, 2.45) is 5.92 Å². The second-order valence-corrected chi connectivity index (χ2v) is 2.71. The molecule has 0 aromatic rings. The molecular formula is C7H9F3. The Morgan fingerprint density at radius 1 is 1.50 bits per heavy atom. The molecule has 58 valence electrons. The third-order valence-electron chi connectivity index (χ3n) is 1.72. The predicted octanol–water partition coefficient (Wildman–Crippen LogP) is 2.91. The summed E-state index contributed by atoms with van der Waals surface area (Å²) in [7, 11) is 0. The first-order chi connectivity index (χ1) is 4.50. The number of halogens is 3. The molecule has 0 saturated carbocycles. The fourth-order valence-corrected chi connectivity index (χ4v) is 1.13. The maximum Gasteiger partial charge on any atom is 0.412 e. The van der Waals surface area contributed by atoms with Crippen LogP contribution in [-0.2, 0) is 0 Å². The second kappa shape index (κ2) is 2.29. The molecule has 0 saturated heterocycles. The maximum absolute atomic E-state index is 11.9. The van der Waals surface area contributed by atoms with Crippen molar-refractivity contribution in [1.82, 2.24) is 0 Å². The SMILES string of the molecule is CC1C=C(C(F)(F)F)CC1. The number of rotatable bonds is 0. The minimum atomic E-state index is -4.08. The van der Waals surface area contributed by atoms with Crippen LogP contribution in [0.1, 0.15) is 19.8 Å².